The maximum atomic E-state index is 9.45. The first-order valence-corrected chi connectivity index (χ1v) is 9.91. The van der Waals surface area contributed by atoms with Gasteiger partial charge in [-0.1, -0.05) is 48.2 Å². The molecular weight excluding hydrogens is 332 g/mol. The number of rotatable bonds is 5. The van der Waals surface area contributed by atoms with Gasteiger partial charge in [0.05, 0.1) is 0 Å². The van der Waals surface area contributed by atoms with Crippen LogP contribution in [0.5, 0.6) is 0 Å². The fraction of sp³-hybridized carbons (Fsp3) is 0.417. The quantitative estimate of drug-likeness (QED) is 0.826. The van der Waals surface area contributed by atoms with E-state index in [4.69, 9.17) is 0 Å². The van der Waals surface area contributed by atoms with Crippen LogP contribution in [0.3, 0.4) is 0 Å². The summed E-state index contributed by atoms with van der Waals surface area (Å²) >= 11 is 0. The van der Waals surface area contributed by atoms with Gasteiger partial charge in [0, 0.05) is 56.0 Å². The number of benzene rings is 2. The molecular formula is C24H30N2O. The topological polar surface area (TPSA) is 26.7 Å². The van der Waals surface area contributed by atoms with Gasteiger partial charge in [-0.15, -0.1) is 0 Å². The zero-order valence-electron chi connectivity index (χ0n) is 16.4. The van der Waals surface area contributed by atoms with E-state index in [0.29, 0.717) is 12.1 Å². The Bertz CT molecular complexity index is 776. The zero-order valence-corrected chi connectivity index (χ0v) is 16.4. The lowest BCUT2D eigenvalue weighted by Crippen LogP contribution is -2.55. The van der Waals surface area contributed by atoms with Crippen LogP contribution in [0.1, 0.15) is 37.0 Å². The van der Waals surface area contributed by atoms with Gasteiger partial charge in [-0.05, 0) is 44.0 Å². The van der Waals surface area contributed by atoms with E-state index < -0.39 is 0 Å². The lowest BCUT2D eigenvalue weighted by molar-refractivity contribution is 0.0349. The van der Waals surface area contributed by atoms with Crippen molar-refractivity contribution in [3.63, 3.8) is 0 Å². The van der Waals surface area contributed by atoms with Gasteiger partial charge in [0.2, 0.25) is 0 Å². The molecule has 0 radical (unpaired) electrons. The van der Waals surface area contributed by atoms with Crippen molar-refractivity contribution in [2.24, 2.45) is 0 Å². The molecule has 0 bridgehead atoms. The Morgan fingerprint density at radius 1 is 1.00 bits per heavy atom. The Kier molecular flexibility index (Phi) is 7.06. The largest absolute Gasteiger partial charge is 0.396 e. The highest BCUT2D eigenvalue weighted by atomic mass is 16.3. The molecule has 1 atom stereocenters. The van der Waals surface area contributed by atoms with Crippen LogP contribution >= 0.6 is 0 Å². The third-order valence-corrected chi connectivity index (χ3v) is 5.26. The van der Waals surface area contributed by atoms with Crippen LogP contribution in [-0.4, -0.2) is 53.2 Å². The van der Waals surface area contributed by atoms with Gasteiger partial charge >= 0.3 is 0 Å². The first-order chi connectivity index (χ1) is 13.2. The summed E-state index contributed by atoms with van der Waals surface area (Å²) in [6.07, 6.45) is 0.837. The maximum absolute atomic E-state index is 9.45. The molecule has 0 spiro atoms. The fourth-order valence-electron chi connectivity index (χ4n) is 3.85. The molecule has 0 aromatic heterocycles. The molecule has 0 amide bonds. The Morgan fingerprint density at radius 2 is 1.74 bits per heavy atom. The van der Waals surface area contributed by atoms with E-state index >= 15 is 0 Å². The summed E-state index contributed by atoms with van der Waals surface area (Å²) in [4.78, 5) is 5.02. The number of aliphatic hydroxyl groups is 1. The highest BCUT2D eigenvalue weighted by Crippen LogP contribution is 2.19. The molecule has 2 aromatic rings. The average Bonchev–Trinajstić information content (AvgIpc) is 2.68. The minimum atomic E-state index is 0.251. The standard InChI is InChI=1S/C24H30N2O/c1-20(2)26-16-15-25(19-24(26)14-17-27)18-23-11-7-6-10-22(23)13-12-21-8-4-3-5-9-21/h3-11,20,24,27H,14-19H2,1-2H3/t24-/m0/s1. The van der Waals surface area contributed by atoms with Crippen LogP contribution in [0.4, 0.5) is 0 Å². The van der Waals surface area contributed by atoms with E-state index in [1.807, 2.05) is 30.3 Å². The molecule has 0 aliphatic carbocycles. The number of hydrogen-bond acceptors (Lipinski definition) is 3. The predicted octanol–water partition coefficient (Wildman–Crippen LogP) is 3.36. The Hall–Kier alpha value is -2.12. The lowest BCUT2D eigenvalue weighted by Gasteiger charge is -2.43. The van der Waals surface area contributed by atoms with Crippen LogP contribution < -0.4 is 0 Å². The van der Waals surface area contributed by atoms with Crippen molar-refractivity contribution in [2.45, 2.75) is 38.9 Å². The smallest absolute Gasteiger partial charge is 0.0446 e. The Morgan fingerprint density at radius 3 is 2.48 bits per heavy atom. The van der Waals surface area contributed by atoms with Crippen molar-refractivity contribution in [3.8, 4) is 11.8 Å². The predicted molar refractivity (Wildman–Crippen MR) is 111 cm³/mol. The van der Waals surface area contributed by atoms with Crippen LogP contribution in [0.25, 0.3) is 0 Å². The van der Waals surface area contributed by atoms with Gasteiger partial charge in [-0.25, -0.2) is 0 Å². The van der Waals surface area contributed by atoms with E-state index in [-0.39, 0.29) is 6.61 Å². The van der Waals surface area contributed by atoms with E-state index in [1.54, 1.807) is 0 Å². The molecule has 1 N–H and O–H groups in total. The van der Waals surface area contributed by atoms with E-state index in [2.05, 4.69) is 59.8 Å². The molecule has 3 nitrogen and oxygen atoms in total. The molecule has 1 heterocycles. The molecule has 142 valence electrons. The number of nitrogens with zero attached hydrogens (tertiary/aromatic N) is 2. The summed E-state index contributed by atoms with van der Waals surface area (Å²) < 4.78 is 0. The molecule has 27 heavy (non-hydrogen) atoms. The molecule has 1 saturated heterocycles. The second-order valence-electron chi connectivity index (χ2n) is 7.51. The van der Waals surface area contributed by atoms with Gasteiger partial charge in [0.15, 0.2) is 0 Å². The molecule has 3 rings (SSSR count). The number of piperazine rings is 1. The van der Waals surface area contributed by atoms with E-state index in [1.165, 1.54) is 5.56 Å². The van der Waals surface area contributed by atoms with Crippen molar-refractivity contribution in [1.82, 2.24) is 9.80 Å². The normalized spacial score (nSPS) is 18.3. The highest BCUT2D eigenvalue weighted by Gasteiger charge is 2.28. The summed E-state index contributed by atoms with van der Waals surface area (Å²) in [7, 11) is 0. The summed E-state index contributed by atoms with van der Waals surface area (Å²) in [5.74, 6) is 6.64. The average molecular weight is 363 g/mol. The summed E-state index contributed by atoms with van der Waals surface area (Å²) in [6, 6.07) is 19.5. The Balaban J connectivity index is 1.72. The zero-order chi connectivity index (χ0) is 19.1. The van der Waals surface area contributed by atoms with Gasteiger partial charge in [0.25, 0.3) is 0 Å². The number of hydrogen-bond donors (Lipinski definition) is 1. The minimum absolute atomic E-state index is 0.251. The van der Waals surface area contributed by atoms with Crippen LogP contribution in [0.15, 0.2) is 54.6 Å². The van der Waals surface area contributed by atoms with Gasteiger partial charge in [0.1, 0.15) is 0 Å². The second-order valence-corrected chi connectivity index (χ2v) is 7.51. The highest BCUT2D eigenvalue weighted by molar-refractivity contribution is 5.46. The maximum Gasteiger partial charge on any atom is 0.0446 e. The number of aliphatic hydroxyl groups excluding tert-OH is 1. The van der Waals surface area contributed by atoms with Crippen LogP contribution in [0, 0.1) is 11.8 Å². The third kappa shape index (κ3) is 5.43. The summed E-state index contributed by atoms with van der Waals surface area (Å²) in [6.45, 7) is 8.76. The second kappa shape index (κ2) is 9.71. The third-order valence-electron chi connectivity index (χ3n) is 5.26. The van der Waals surface area contributed by atoms with Gasteiger partial charge in [-0.3, -0.25) is 9.80 Å². The Labute approximate surface area is 163 Å². The van der Waals surface area contributed by atoms with Crippen LogP contribution in [0.2, 0.25) is 0 Å². The van der Waals surface area contributed by atoms with Gasteiger partial charge in [-0.2, -0.15) is 0 Å². The molecule has 0 saturated carbocycles. The SMILES string of the molecule is CC(C)N1CCN(Cc2ccccc2C#Cc2ccccc2)C[C@@H]1CCO. The molecule has 1 aliphatic heterocycles. The molecule has 1 fully saturated rings. The summed E-state index contributed by atoms with van der Waals surface area (Å²) in [5.41, 5.74) is 3.42. The monoisotopic (exact) mass is 362 g/mol. The van der Waals surface area contributed by atoms with Crippen molar-refractivity contribution in [3.05, 3.63) is 71.3 Å². The van der Waals surface area contributed by atoms with Crippen molar-refractivity contribution in [2.75, 3.05) is 26.2 Å². The molecule has 1 aliphatic rings. The summed E-state index contributed by atoms with van der Waals surface area (Å²) in [5, 5.41) is 9.45. The van der Waals surface area contributed by atoms with E-state index in [9.17, 15) is 5.11 Å². The van der Waals surface area contributed by atoms with Crippen molar-refractivity contribution in [1.29, 1.82) is 0 Å². The van der Waals surface area contributed by atoms with Crippen LogP contribution in [-0.2, 0) is 6.54 Å². The fourth-order valence-corrected chi connectivity index (χ4v) is 3.85. The first kappa shape index (κ1) is 19.6. The van der Waals surface area contributed by atoms with Gasteiger partial charge < -0.3 is 5.11 Å². The first-order valence-electron chi connectivity index (χ1n) is 9.91. The lowest BCUT2D eigenvalue weighted by atomic mass is 10.0. The van der Waals surface area contributed by atoms with Crippen molar-refractivity contribution >= 4 is 0 Å². The molecule has 2 aromatic carbocycles. The van der Waals surface area contributed by atoms with Crippen molar-refractivity contribution < 1.29 is 5.11 Å². The molecule has 3 heteroatoms. The molecule has 0 unspecified atom stereocenters. The minimum Gasteiger partial charge on any atom is -0.396 e. The van der Waals surface area contributed by atoms with E-state index in [0.717, 1.165) is 43.7 Å².